The van der Waals surface area contributed by atoms with Crippen LogP contribution in [0.25, 0.3) is 0 Å². The van der Waals surface area contributed by atoms with Crippen molar-refractivity contribution in [3.63, 3.8) is 0 Å². The van der Waals surface area contributed by atoms with E-state index < -0.39 is 5.97 Å². The Kier molecular flexibility index (Phi) is 4.56. The number of amides is 2. The quantitative estimate of drug-likeness (QED) is 0.807. The van der Waals surface area contributed by atoms with Crippen molar-refractivity contribution in [2.24, 2.45) is 0 Å². The van der Waals surface area contributed by atoms with Gasteiger partial charge in [-0.15, -0.1) is 0 Å². The van der Waals surface area contributed by atoms with E-state index in [0.29, 0.717) is 12.2 Å². The Labute approximate surface area is 122 Å². The number of carbonyl (C=O) groups is 2. The summed E-state index contributed by atoms with van der Waals surface area (Å²) in [6.45, 7) is 2.21. The summed E-state index contributed by atoms with van der Waals surface area (Å²) >= 11 is 0. The number of anilines is 1. The molecule has 0 aliphatic heterocycles. The molecule has 0 unspecified atom stereocenters. The highest BCUT2D eigenvalue weighted by Gasteiger charge is 2.08. The molecule has 5 nitrogen and oxygen atoms in total. The van der Waals surface area contributed by atoms with Gasteiger partial charge in [-0.3, -0.25) is 0 Å². The zero-order valence-electron chi connectivity index (χ0n) is 11.6. The molecular weight excluding hydrogens is 268 g/mol. The smallest absolute Gasteiger partial charge is 0.335 e. The van der Waals surface area contributed by atoms with Gasteiger partial charge in [-0.2, -0.15) is 0 Å². The number of nitrogens with one attached hydrogen (secondary N) is 2. The Morgan fingerprint density at radius 1 is 1.10 bits per heavy atom. The Bertz CT molecular complexity index is 654. The van der Waals surface area contributed by atoms with Gasteiger partial charge in [0.25, 0.3) is 0 Å². The van der Waals surface area contributed by atoms with Crippen LogP contribution >= 0.6 is 0 Å². The minimum atomic E-state index is -1.03. The van der Waals surface area contributed by atoms with Crippen molar-refractivity contribution in [2.75, 3.05) is 5.32 Å². The summed E-state index contributed by atoms with van der Waals surface area (Å²) in [4.78, 5) is 22.8. The third-order valence-electron chi connectivity index (χ3n) is 3.03. The van der Waals surface area contributed by atoms with E-state index in [9.17, 15) is 9.59 Å². The molecule has 2 aromatic carbocycles. The molecule has 0 aliphatic rings. The fraction of sp³-hybridized carbons (Fsp3) is 0.125. The van der Waals surface area contributed by atoms with E-state index in [-0.39, 0.29) is 11.6 Å². The Morgan fingerprint density at radius 2 is 1.81 bits per heavy atom. The second-order valence-electron chi connectivity index (χ2n) is 4.63. The molecule has 21 heavy (non-hydrogen) atoms. The van der Waals surface area contributed by atoms with Crippen LogP contribution in [0.3, 0.4) is 0 Å². The summed E-state index contributed by atoms with van der Waals surface area (Å²) in [5.41, 5.74) is 2.41. The maximum Gasteiger partial charge on any atom is 0.335 e. The standard InChI is InChI=1S/C16H16N2O3/c1-11-7-8-13(15(19)20)9-14(11)18-16(21)17-10-12-5-3-2-4-6-12/h2-9H,10H2,1H3,(H,19,20)(H2,17,18,21). The number of urea groups is 1. The van der Waals surface area contributed by atoms with Gasteiger partial charge >= 0.3 is 12.0 Å². The molecule has 108 valence electrons. The van der Waals surface area contributed by atoms with Crippen LogP contribution in [0.1, 0.15) is 21.5 Å². The van der Waals surface area contributed by atoms with Gasteiger partial charge in [-0.05, 0) is 30.2 Å². The summed E-state index contributed by atoms with van der Waals surface area (Å²) in [6, 6.07) is 13.8. The number of carboxylic acid groups (broad SMARTS) is 1. The average molecular weight is 284 g/mol. The predicted octanol–water partition coefficient (Wildman–Crippen LogP) is 3.01. The first-order valence-electron chi connectivity index (χ1n) is 6.49. The van der Waals surface area contributed by atoms with Crippen LogP contribution in [0, 0.1) is 6.92 Å². The Hall–Kier alpha value is -2.82. The lowest BCUT2D eigenvalue weighted by molar-refractivity contribution is 0.0697. The van der Waals surface area contributed by atoms with Crippen molar-refractivity contribution in [3.8, 4) is 0 Å². The number of carbonyl (C=O) groups excluding carboxylic acids is 1. The number of rotatable bonds is 4. The molecule has 0 saturated carbocycles. The molecule has 0 radical (unpaired) electrons. The summed E-state index contributed by atoms with van der Waals surface area (Å²) in [7, 11) is 0. The van der Waals surface area contributed by atoms with Crippen LogP contribution in [0.15, 0.2) is 48.5 Å². The lowest BCUT2D eigenvalue weighted by Crippen LogP contribution is -2.28. The summed E-state index contributed by atoms with van der Waals surface area (Å²) in [6.07, 6.45) is 0. The minimum Gasteiger partial charge on any atom is -0.478 e. The molecule has 2 rings (SSSR count). The fourth-order valence-electron chi connectivity index (χ4n) is 1.83. The first-order valence-corrected chi connectivity index (χ1v) is 6.49. The third kappa shape index (κ3) is 4.07. The van der Waals surface area contributed by atoms with Crippen molar-refractivity contribution in [1.29, 1.82) is 0 Å². The predicted molar refractivity (Wildman–Crippen MR) is 80.4 cm³/mol. The van der Waals surface area contributed by atoms with Crippen molar-refractivity contribution in [2.45, 2.75) is 13.5 Å². The second-order valence-corrected chi connectivity index (χ2v) is 4.63. The van der Waals surface area contributed by atoms with E-state index in [0.717, 1.165) is 11.1 Å². The summed E-state index contributed by atoms with van der Waals surface area (Å²) in [5, 5.41) is 14.3. The molecule has 0 heterocycles. The molecule has 0 aromatic heterocycles. The summed E-state index contributed by atoms with van der Waals surface area (Å²) < 4.78 is 0. The molecular formula is C16H16N2O3. The normalized spacial score (nSPS) is 9.95. The number of aryl methyl sites for hydroxylation is 1. The number of carboxylic acids is 1. The molecule has 0 aliphatic carbocycles. The highest BCUT2D eigenvalue weighted by atomic mass is 16.4. The van der Waals surface area contributed by atoms with Gasteiger partial charge in [0.2, 0.25) is 0 Å². The van der Waals surface area contributed by atoms with Gasteiger partial charge < -0.3 is 15.7 Å². The van der Waals surface area contributed by atoms with E-state index in [1.54, 1.807) is 13.0 Å². The van der Waals surface area contributed by atoms with Gasteiger partial charge in [0.05, 0.1) is 5.56 Å². The van der Waals surface area contributed by atoms with Crippen LogP contribution in [-0.4, -0.2) is 17.1 Å². The number of benzene rings is 2. The van der Waals surface area contributed by atoms with E-state index in [1.165, 1.54) is 12.1 Å². The van der Waals surface area contributed by atoms with Crippen LogP contribution in [0.5, 0.6) is 0 Å². The Balaban J connectivity index is 1.99. The lowest BCUT2D eigenvalue weighted by atomic mass is 10.1. The van der Waals surface area contributed by atoms with E-state index >= 15 is 0 Å². The van der Waals surface area contributed by atoms with Crippen LogP contribution in [-0.2, 0) is 6.54 Å². The highest BCUT2D eigenvalue weighted by molar-refractivity contribution is 5.93. The van der Waals surface area contributed by atoms with Crippen molar-refractivity contribution < 1.29 is 14.7 Å². The summed E-state index contributed by atoms with van der Waals surface area (Å²) in [5.74, 6) is -1.03. The zero-order chi connectivity index (χ0) is 15.2. The molecule has 2 aromatic rings. The molecule has 3 N–H and O–H groups in total. The van der Waals surface area contributed by atoms with Gasteiger partial charge in [-0.1, -0.05) is 36.4 Å². The molecule has 0 saturated heterocycles. The molecule has 2 amide bonds. The first kappa shape index (κ1) is 14.6. The molecule has 0 atom stereocenters. The van der Waals surface area contributed by atoms with E-state index in [2.05, 4.69) is 10.6 Å². The molecule has 0 bridgehead atoms. The molecule has 5 heteroatoms. The van der Waals surface area contributed by atoms with E-state index in [1.807, 2.05) is 30.3 Å². The van der Waals surface area contributed by atoms with Crippen molar-refractivity contribution in [3.05, 3.63) is 65.2 Å². The van der Waals surface area contributed by atoms with E-state index in [4.69, 9.17) is 5.11 Å². The fourth-order valence-corrected chi connectivity index (χ4v) is 1.83. The van der Waals surface area contributed by atoms with Gasteiger partial charge in [0.15, 0.2) is 0 Å². The van der Waals surface area contributed by atoms with Gasteiger partial charge in [0.1, 0.15) is 0 Å². The monoisotopic (exact) mass is 284 g/mol. The van der Waals surface area contributed by atoms with Gasteiger partial charge in [0, 0.05) is 12.2 Å². The highest BCUT2D eigenvalue weighted by Crippen LogP contribution is 2.16. The lowest BCUT2D eigenvalue weighted by Gasteiger charge is -2.10. The number of hydrogen-bond acceptors (Lipinski definition) is 2. The zero-order valence-corrected chi connectivity index (χ0v) is 11.6. The molecule has 0 spiro atoms. The maximum atomic E-state index is 11.8. The minimum absolute atomic E-state index is 0.138. The number of hydrogen-bond donors (Lipinski definition) is 3. The van der Waals surface area contributed by atoms with Gasteiger partial charge in [-0.25, -0.2) is 9.59 Å². The second kappa shape index (κ2) is 6.56. The van der Waals surface area contributed by atoms with Crippen LogP contribution < -0.4 is 10.6 Å². The van der Waals surface area contributed by atoms with Crippen LogP contribution in [0.2, 0.25) is 0 Å². The van der Waals surface area contributed by atoms with Crippen LogP contribution in [0.4, 0.5) is 10.5 Å². The molecule has 0 fully saturated rings. The topological polar surface area (TPSA) is 78.4 Å². The van der Waals surface area contributed by atoms with Crippen molar-refractivity contribution >= 4 is 17.7 Å². The third-order valence-corrected chi connectivity index (χ3v) is 3.03. The largest absolute Gasteiger partial charge is 0.478 e. The van der Waals surface area contributed by atoms with Crippen molar-refractivity contribution in [1.82, 2.24) is 5.32 Å². The SMILES string of the molecule is Cc1ccc(C(=O)O)cc1NC(=O)NCc1ccccc1. The number of aromatic carboxylic acids is 1. The Morgan fingerprint density at radius 3 is 2.48 bits per heavy atom. The average Bonchev–Trinajstić information content (AvgIpc) is 2.48. The maximum absolute atomic E-state index is 11.8. The first-order chi connectivity index (χ1) is 10.1.